The number of benzene rings is 4. The molecule has 4 aromatic rings. The first kappa shape index (κ1) is 23.5. The summed E-state index contributed by atoms with van der Waals surface area (Å²) in [5.74, 6) is 0.376. The summed E-state index contributed by atoms with van der Waals surface area (Å²) in [5.41, 5.74) is 1.26. The highest BCUT2D eigenvalue weighted by Gasteiger charge is 2.36. The number of hydrogen-bond acceptors (Lipinski definition) is 2. The van der Waals surface area contributed by atoms with E-state index in [9.17, 15) is 17.6 Å². The van der Waals surface area contributed by atoms with Crippen LogP contribution in [-0.2, 0) is 19.0 Å². The van der Waals surface area contributed by atoms with E-state index >= 15 is 0 Å². The summed E-state index contributed by atoms with van der Waals surface area (Å²) in [6.45, 7) is 0. The van der Waals surface area contributed by atoms with Crippen molar-refractivity contribution in [1.82, 2.24) is 0 Å². The smallest absolute Gasteiger partial charge is 0.419 e. The van der Waals surface area contributed by atoms with Gasteiger partial charge in [0, 0.05) is 0 Å². The standard InChI is InChI=1S/C29H26F4O2/c1-34-25-11-5-9-22-21-15-14-19-17(6-3-8-20(19)23(21)16-26(35-2)27(22)25)12-13-18-7-4-10-24(30)28(18)29(31,32)33/h4-5,7,9-11,14-17H,3,6,8,12-13H2,1-2H3/t17-/m0/s1. The highest BCUT2D eigenvalue weighted by Crippen LogP contribution is 2.45. The summed E-state index contributed by atoms with van der Waals surface area (Å²) in [6.07, 6.45) is -1.26. The minimum absolute atomic E-state index is 0.0187. The first-order valence-corrected chi connectivity index (χ1v) is 11.8. The molecule has 0 heterocycles. The Balaban J connectivity index is 1.56. The van der Waals surface area contributed by atoms with Crippen molar-refractivity contribution in [2.75, 3.05) is 14.2 Å². The summed E-state index contributed by atoms with van der Waals surface area (Å²) >= 11 is 0. The molecule has 0 aliphatic heterocycles. The molecule has 2 nitrogen and oxygen atoms in total. The SMILES string of the molecule is COc1cccc2c1c(OC)cc1c3c(ccc12)[C@H](CCc1cccc(F)c1C(F)(F)F)CCC3. The number of alkyl halides is 3. The van der Waals surface area contributed by atoms with Crippen molar-refractivity contribution in [3.63, 3.8) is 0 Å². The van der Waals surface area contributed by atoms with E-state index in [1.54, 1.807) is 14.2 Å². The Kier molecular flexibility index (Phi) is 6.07. The molecule has 0 amide bonds. The van der Waals surface area contributed by atoms with Gasteiger partial charge in [0.05, 0.1) is 25.2 Å². The van der Waals surface area contributed by atoms with Gasteiger partial charge in [-0.15, -0.1) is 0 Å². The molecule has 0 N–H and O–H groups in total. The lowest BCUT2D eigenvalue weighted by atomic mass is 9.77. The van der Waals surface area contributed by atoms with Crippen molar-refractivity contribution in [2.45, 2.75) is 44.2 Å². The maximum Gasteiger partial charge on any atom is 0.419 e. The minimum atomic E-state index is -4.71. The first-order valence-electron chi connectivity index (χ1n) is 11.8. The average molecular weight is 483 g/mol. The van der Waals surface area contributed by atoms with Gasteiger partial charge in [0.15, 0.2) is 0 Å². The number of methoxy groups -OCH3 is 2. The van der Waals surface area contributed by atoms with Crippen molar-refractivity contribution in [2.24, 2.45) is 0 Å². The second kappa shape index (κ2) is 9.06. The molecule has 182 valence electrons. The third-order valence-corrected chi connectivity index (χ3v) is 7.24. The fourth-order valence-electron chi connectivity index (χ4n) is 5.69. The van der Waals surface area contributed by atoms with Crippen LogP contribution in [0.25, 0.3) is 21.5 Å². The monoisotopic (exact) mass is 482 g/mol. The maximum absolute atomic E-state index is 14.0. The Morgan fingerprint density at radius 2 is 1.66 bits per heavy atom. The molecule has 4 aromatic carbocycles. The molecule has 0 aromatic heterocycles. The van der Waals surface area contributed by atoms with Crippen LogP contribution in [0.2, 0.25) is 0 Å². The van der Waals surface area contributed by atoms with E-state index in [1.165, 1.54) is 17.7 Å². The van der Waals surface area contributed by atoms with Crippen LogP contribution in [0.4, 0.5) is 17.6 Å². The van der Waals surface area contributed by atoms with E-state index < -0.39 is 17.6 Å². The Morgan fingerprint density at radius 1 is 0.886 bits per heavy atom. The van der Waals surface area contributed by atoms with E-state index in [-0.39, 0.29) is 17.9 Å². The molecule has 6 heteroatoms. The van der Waals surface area contributed by atoms with Crippen LogP contribution in [0.5, 0.6) is 11.5 Å². The zero-order chi connectivity index (χ0) is 24.7. The summed E-state index contributed by atoms with van der Waals surface area (Å²) < 4.78 is 65.8. The van der Waals surface area contributed by atoms with Crippen LogP contribution in [0, 0.1) is 5.82 Å². The Bertz CT molecular complexity index is 1410. The molecule has 0 saturated carbocycles. The van der Waals surface area contributed by atoms with E-state index in [2.05, 4.69) is 24.3 Å². The number of halogens is 4. The highest BCUT2D eigenvalue weighted by atomic mass is 19.4. The normalized spacial score (nSPS) is 15.9. The second-order valence-electron chi connectivity index (χ2n) is 9.09. The van der Waals surface area contributed by atoms with E-state index in [4.69, 9.17) is 9.47 Å². The molecule has 1 aliphatic carbocycles. The lowest BCUT2D eigenvalue weighted by molar-refractivity contribution is -0.140. The number of hydrogen-bond donors (Lipinski definition) is 0. The summed E-state index contributed by atoms with van der Waals surface area (Å²) in [7, 11) is 3.28. The molecular formula is C29H26F4O2. The van der Waals surface area contributed by atoms with Crippen molar-refractivity contribution in [3.05, 3.63) is 82.7 Å². The zero-order valence-corrected chi connectivity index (χ0v) is 19.6. The number of rotatable bonds is 5. The molecule has 0 fully saturated rings. The topological polar surface area (TPSA) is 18.5 Å². The molecule has 35 heavy (non-hydrogen) atoms. The van der Waals surface area contributed by atoms with Crippen LogP contribution in [0.15, 0.2) is 54.6 Å². The van der Waals surface area contributed by atoms with Gasteiger partial charge in [0.1, 0.15) is 17.3 Å². The third kappa shape index (κ3) is 4.09. The lowest BCUT2D eigenvalue weighted by Gasteiger charge is -2.28. The summed E-state index contributed by atoms with van der Waals surface area (Å²) in [6, 6.07) is 15.8. The van der Waals surface area contributed by atoms with Gasteiger partial charge in [-0.25, -0.2) is 4.39 Å². The number of aryl methyl sites for hydroxylation is 2. The van der Waals surface area contributed by atoms with E-state index in [0.717, 1.165) is 63.9 Å². The molecule has 5 rings (SSSR count). The van der Waals surface area contributed by atoms with Gasteiger partial charge < -0.3 is 9.47 Å². The molecular weight excluding hydrogens is 456 g/mol. The second-order valence-corrected chi connectivity index (χ2v) is 9.09. The van der Waals surface area contributed by atoms with Gasteiger partial charge in [-0.05, 0) is 89.1 Å². The molecule has 1 atom stereocenters. The number of fused-ring (bicyclic) bond motifs is 5. The fraction of sp³-hybridized carbons (Fsp3) is 0.310. The molecule has 0 unspecified atom stereocenters. The zero-order valence-electron chi connectivity index (χ0n) is 19.6. The lowest BCUT2D eigenvalue weighted by Crippen LogP contribution is -2.15. The average Bonchev–Trinajstić information content (AvgIpc) is 2.85. The van der Waals surface area contributed by atoms with E-state index in [1.807, 2.05) is 12.1 Å². The highest BCUT2D eigenvalue weighted by molar-refractivity contribution is 6.13. The third-order valence-electron chi connectivity index (χ3n) is 7.24. The van der Waals surface area contributed by atoms with Gasteiger partial charge in [-0.1, -0.05) is 36.4 Å². The van der Waals surface area contributed by atoms with Crippen molar-refractivity contribution < 1.29 is 27.0 Å². The summed E-state index contributed by atoms with van der Waals surface area (Å²) in [5, 5.41) is 4.16. The maximum atomic E-state index is 14.0. The largest absolute Gasteiger partial charge is 0.496 e. The molecule has 0 spiro atoms. The van der Waals surface area contributed by atoms with Crippen LogP contribution in [0.3, 0.4) is 0 Å². The van der Waals surface area contributed by atoms with Gasteiger partial charge >= 0.3 is 6.18 Å². The first-order chi connectivity index (χ1) is 16.8. The Labute approximate surface area is 201 Å². The Hall–Kier alpha value is -3.28. The predicted octanol–water partition coefficient (Wildman–Crippen LogP) is 8.22. The van der Waals surface area contributed by atoms with Gasteiger partial charge in [0.2, 0.25) is 0 Å². The van der Waals surface area contributed by atoms with Crippen LogP contribution >= 0.6 is 0 Å². The van der Waals surface area contributed by atoms with Crippen LogP contribution in [-0.4, -0.2) is 14.2 Å². The molecule has 0 bridgehead atoms. The minimum Gasteiger partial charge on any atom is -0.496 e. The van der Waals surface area contributed by atoms with Gasteiger partial charge in [0.25, 0.3) is 0 Å². The Morgan fingerprint density at radius 3 is 2.40 bits per heavy atom. The van der Waals surface area contributed by atoms with Crippen LogP contribution < -0.4 is 9.47 Å². The van der Waals surface area contributed by atoms with Gasteiger partial charge in [-0.2, -0.15) is 13.2 Å². The van der Waals surface area contributed by atoms with Crippen molar-refractivity contribution >= 4 is 21.5 Å². The molecule has 1 aliphatic rings. The number of ether oxygens (including phenoxy) is 2. The predicted molar refractivity (Wildman–Crippen MR) is 130 cm³/mol. The molecule has 0 saturated heterocycles. The van der Waals surface area contributed by atoms with Crippen LogP contribution in [0.1, 0.15) is 47.4 Å². The van der Waals surface area contributed by atoms with E-state index in [0.29, 0.717) is 6.42 Å². The molecule has 0 radical (unpaired) electrons. The van der Waals surface area contributed by atoms with Gasteiger partial charge in [-0.3, -0.25) is 0 Å². The fourth-order valence-corrected chi connectivity index (χ4v) is 5.69. The van der Waals surface area contributed by atoms with Crippen molar-refractivity contribution in [3.8, 4) is 11.5 Å². The quantitative estimate of drug-likeness (QED) is 0.211. The summed E-state index contributed by atoms with van der Waals surface area (Å²) in [4.78, 5) is 0. The van der Waals surface area contributed by atoms with Crippen molar-refractivity contribution in [1.29, 1.82) is 0 Å².